The summed E-state index contributed by atoms with van der Waals surface area (Å²) in [5, 5.41) is 0. The van der Waals surface area contributed by atoms with Gasteiger partial charge in [0.05, 0.1) is 25.4 Å². The van der Waals surface area contributed by atoms with Crippen LogP contribution in [0, 0.1) is 0 Å². The molecule has 1 fully saturated rings. The lowest BCUT2D eigenvalue weighted by molar-refractivity contribution is -0.121. The number of para-hydroxylation sites is 1. The fourth-order valence-corrected chi connectivity index (χ4v) is 3.68. The predicted octanol–water partition coefficient (Wildman–Crippen LogP) is 1.85. The van der Waals surface area contributed by atoms with Crippen molar-refractivity contribution in [1.82, 2.24) is 4.90 Å². The number of nitrogens with zero attached hydrogens (tertiary/aromatic N) is 2. The van der Waals surface area contributed by atoms with Crippen LogP contribution in [0.3, 0.4) is 0 Å². The lowest BCUT2D eigenvalue weighted by atomic mass is 10.2. The molecule has 0 radical (unpaired) electrons. The minimum absolute atomic E-state index is 0.200. The van der Waals surface area contributed by atoms with Gasteiger partial charge in [-0.1, -0.05) is 12.1 Å². The molecule has 1 aromatic rings. The Bertz CT molecular complexity index is 495. The van der Waals surface area contributed by atoms with Crippen molar-refractivity contribution < 1.29 is 9.53 Å². The second kappa shape index (κ2) is 6.16. The van der Waals surface area contributed by atoms with E-state index in [1.165, 1.54) is 4.90 Å². The quantitative estimate of drug-likeness (QED) is 0.833. The Morgan fingerprint density at radius 2 is 2.25 bits per heavy atom. The summed E-state index contributed by atoms with van der Waals surface area (Å²) < 4.78 is 5.43. The number of anilines is 1. The number of benzene rings is 1. The third-order valence-electron chi connectivity index (χ3n) is 3.87. The van der Waals surface area contributed by atoms with Gasteiger partial charge >= 0.3 is 0 Å². The lowest BCUT2D eigenvalue weighted by Crippen LogP contribution is -2.50. The first kappa shape index (κ1) is 13.9. The highest BCUT2D eigenvalue weighted by molar-refractivity contribution is 7.99. The number of carbonyl (C=O) groups is 1. The predicted molar refractivity (Wildman–Crippen MR) is 81.4 cm³/mol. The van der Waals surface area contributed by atoms with Gasteiger partial charge in [-0.15, -0.1) is 11.8 Å². The minimum Gasteiger partial charge on any atom is -0.379 e. The van der Waals surface area contributed by atoms with E-state index in [0.717, 1.165) is 37.7 Å². The molecule has 2 heterocycles. The maximum absolute atomic E-state index is 12.6. The van der Waals surface area contributed by atoms with Gasteiger partial charge in [0.2, 0.25) is 5.91 Å². The molecule has 0 saturated carbocycles. The first-order valence-electron chi connectivity index (χ1n) is 7.09. The van der Waals surface area contributed by atoms with Crippen LogP contribution in [0.25, 0.3) is 0 Å². The van der Waals surface area contributed by atoms with Crippen LogP contribution < -0.4 is 4.90 Å². The van der Waals surface area contributed by atoms with Crippen molar-refractivity contribution in [3.8, 4) is 0 Å². The van der Waals surface area contributed by atoms with E-state index in [1.807, 2.05) is 34.9 Å². The molecular weight excluding hydrogens is 272 g/mol. The average Bonchev–Trinajstić information content (AvgIpc) is 2.49. The second-order valence-electron chi connectivity index (χ2n) is 5.26. The van der Waals surface area contributed by atoms with Crippen LogP contribution in [0.5, 0.6) is 0 Å². The van der Waals surface area contributed by atoms with E-state index in [0.29, 0.717) is 12.6 Å². The van der Waals surface area contributed by atoms with Crippen LogP contribution in [0.15, 0.2) is 29.2 Å². The van der Waals surface area contributed by atoms with E-state index in [1.54, 1.807) is 0 Å². The van der Waals surface area contributed by atoms with Crippen molar-refractivity contribution in [2.45, 2.75) is 17.9 Å². The Balaban J connectivity index is 1.72. The lowest BCUT2D eigenvalue weighted by Gasteiger charge is -2.35. The monoisotopic (exact) mass is 292 g/mol. The molecule has 20 heavy (non-hydrogen) atoms. The Labute approximate surface area is 124 Å². The summed E-state index contributed by atoms with van der Waals surface area (Å²) in [7, 11) is 0. The van der Waals surface area contributed by atoms with E-state index >= 15 is 0 Å². The van der Waals surface area contributed by atoms with Crippen molar-refractivity contribution in [3.63, 3.8) is 0 Å². The maximum Gasteiger partial charge on any atom is 0.241 e. The molecule has 1 aromatic carbocycles. The van der Waals surface area contributed by atoms with Gasteiger partial charge in [0.25, 0.3) is 0 Å². The van der Waals surface area contributed by atoms with Gasteiger partial charge in [0.1, 0.15) is 0 Å². The normalized spacial score (nSPS) is 23.4. The summed E-state index contributed by atoms with van der Waals surface area (Å²) in [4.78, 5) is 18.0. The van der Waals surface area contributed by atoms with Crippen LogP contribution >= 0.6 is 11.8 Å². The number of ether oxygens (including phenoxy) is 1. The highest BCUT2D eigenvalue weighted by Crippen LogP contribution is 2.34. The summed E-state index contributed by atoms with van der Waals surface area (Å²) in [5.74, 6) is 1.17. The van der Waals surface area contributed by atoms with E-state index in [4.69, 9.17) is 4.74 Å². The molecule has 5 heteroatoms. The Morgan fingerprint density at radius 3 is 3.10 bits per heavy atom. The van der Waals surface area contributed by atoms with Crippen LogP contribution in [0.2, 0.25) is 0 Å². The fraction of sp³-hybridized carbons (Fsp3) is 0.533. The van der Waals surface area contributed by atoms with Crippen LogP contribution in [0.1, 0.15) is 6.92 Å². The van der Waals surface area contributed by atoms with Crippen molar-refractivity contribution >= 4 is 23.4 Å². The standard InChI is InChI=1S/C15H20N2O2S/c1-12-11-19-8-6-16(12)10-15(18)17-7-9-20-14-5-3-2-4-13(14)17/h2-5,12H,6-11H2,1H3/t12-/m0/s1. The maximum atomic E-state index is 12.6. The summed E-state index contributed by atoms with van der Waals surface area (Å²) in [6, 6.07) is 8.49. The molecule has 0 unspecified atom stereocenters. The number of hydrogen-bond acceptors (Lipinski definition) is 4. The van der Waals surface area contributed by atoms with Crippen molar-refractivity contribution in [2.24, 2.45) is 0 Å². The molecule has 1 amide bonds. The van der Waals surface area contributed by atoms with Gasteiger partial charge in [0.15, 0.2) is 0 Å². The number of hydrogen-bond donors (Lipinski definition) is 0. The largest absolute Gasteiger partial charge is 0.379 e. The van der Waals surface area contributed by atoms with E-state index in [9.17, 15) is 4.79 Å². The van der Waals surface area contributed by atoms with Gasteiger partial charge in [-0.3, -0.25) is 9.69 Å². The summed E-state index contributed by atoms with van der Waals surface area (Å²) in [5.41, 5.74) is 1.06. The molecule has 108 valence electrons. The second-order valence-corrected chi connectivity index (χ2v) is 6.39. The number of carbonyl (C=O) groups excluding carboxylic acids is 1. The van der Waals surface area contributed by atoms with Gasteiger partial charge in [0, 0.05) is 29.8 Å². The van der Waals surface area contributed by atoms with Crippen LogP contribution in [-0.2, 0) is 9.53 Å². The van der Waals surface area contributed by atoms with Crippen molar-refractivity contribution in [2.75, 3.05) is 43.5 Å². The average molecular weight is 292 g/mol. The Hall–Kier alpha value is -1.04. The smallest absolute Gasteiger partial charge is 0.241 e. The zero-order valence-corrected chi connectivity index (χ0v) is 12.6. The van der Waals surface area contributed by atoms with Gasteiger partial charge in [-0.2, -0.15) is 0 Å². The zero-order chi connectivity index (χ0) is 13.9. The van der Waals surface area contributed by atoms with Crippen LogP contribution in [0.4, 0.5) is 5.69 Å². The minimum atomic E-state index is 0.200. The first-order chi connectivity index (χ1) is 9.75. The molecule has 0 spiro atoms. The van der Waals surface area contributed by atoms with Crippen molar-refractivity contribution in [3.05, 3.63) is 24.3 Å². The Kier molecular flexibility index (Phi) is 4.29. The first-order valence-corrected chi connectivity index (χ1v) is 8.08. The molecule has 4 nitrogen and oxygen atoms in total. The zero-order valence-electron chi connectivity index (χ0n) is 11.7. The molecule has 1 saturated heterocycles. The molecule has 2 aliphatic heterocycles. The number of morpholine rings is 1. The number of thioether (sulfide) groups is 1. The molecular formula is C15H20N2O2S. The highest BCUT2D eigenvalue weighted by Gasteiger charge is 2.27. The van der Waals surface area contributed by atoms with E-state index < -0.39 is 0 Å². The molecule has 1 atom stereocenters. The van der Waals surface area contributed by atoms with Gasteiger partial charge in [-0.05, 0) is 19.1 Å². The van der Waals surface area contributed by atoms with Gasteiger partial charge in [-0.25, -0.2) is 0 Å². The summed E-state index contributed by atoms with van der Waals surface area (Å²) in [6.07, 6.45) is 0. The van der Waals surface area contributed by atoms with Gasteiger partial charge < -0.3 is 9.64 Å². The number of amides is 1. The Morgan fingerprint density at radius 1 is 1.40 bits per heavy atom. The molecule has 0 aromatic heterocycles. The number of rotatable bonds is 2. The SMILES string of the molecule is C[C@H]1COCCN1CC(=O)N1CCSc2ccccc21. The van der Waals surface area contributed by atoms with E-state index in [2.05, 4.69) is 17.9 Å². The third kappa shape index (κ3) is 2.85. The van der Waals surface area contributed by atoms with Crippen LogP contribution in [-0.4, -0.2) is 55.4 Å². The molecule has 0 bridgehead atoms. The molecule has 2 aliphatic rings. The summed E-state index contributed by atoms with van der Waals surface area (Å²) >= 11 is 1.83. The topological polar surface area (TPSA) is 32.8 Å². The summed E-state index contributed by atoms with van der Waals surface area (Å²) in [6.45, 7) is 5.70. The molecule has 3 rings (SSSR count). The molecule has 0 aliphatic carbocycles. The fourth-order valence-electron chi connectivity index (χ4n) is 2.68. The number of fused-ring (bicyclic) bond motifs is 1. The third-order valence-corrected chi connectivity index (χ3v) is 4.92. The van der Waals surface area contributed by atoms with E-state index in [-0.39, 0.29) is 5.91 Å². The highest BCUT2D eigenvalue weighted by atomic mass is 32.2. The van der Waals surface area contributed by atoms with Crippen molar-refractivity contribution in [1.29, 1.82) is 0 Å². The molecule has 0 N–H and O–H groups in total.